The lowest BCUT2D eigenvalue weighted by atomic mass is 10.3. The summed E-state index contributed by atoms with van der Waals surface area (Å²) in [6, 6.07) is 14.3. The zero-order valence-electron chi connectivity index (χ0n) is 9.70. The van der Waals surface area contributed by atoms with Crippen LogP contribution in [0.15, 0.2) is 48.5 Å². The van der Waals surface area contributed by atoms with Crippen molar-refractivity contribution < 1.29 is 9.13 Å². The van der Waals surface area contributed by atoms with Crippen LogP contribution in [0.5, 0.6) is 5.75 Å². The fourth-order valence-electron chi connectivity index (χ4n) is 1.51. The van der Waals surface area contributed by atoms with Crippen LogP contribution in [-0.2, 0) is 0 Å². The Labute approximate surface area is 110 Å². The van der Waals surface area contributed by atoms with Gasteiger partial charge < -0.3 is 10.1 Å². The van der Waals surface area contributed by atoms with Gasteiger partial charge in [0.15, 0.2) is 5.82 Å². The summed E-state index contributed by atoms with van der Waals surface area (Å²) in [4.78, 5) is 0. The van der Waals surface area contributed by atoms with E-state index in [2.05, 4.69) is 5.32 Å². The van der Waals surface area contributed by atoms with Crippen molar-refractivity contribution in [2.75, 3.05) is 18.5 Å². The topological polar surface area (TPSA) is 21.3 Å². The number of hydrogen-bond donors (Lipinski definition) is 1. The lowest BCUT2D eigenvalue weighted by molar-refractivity contribution is 0.332. The Kier molecular flexibility index (Phi) is 4.42. The Morgan fingerprint density at radius 1 is 1.06 bits per heavy atom. The number of ether oxygens (including phenoxy) is 1. The molecular weight excluding hydrogens is 253 g/mol. The second kappa shape index (κ2) is 6.26. The molecule has 2 aromatic carbocycles. The van der Waals surface area contributed by atoms with Gasteiger partial charge >= 0.3 is 0 Å². The van der Waals surface area contributed by atoms with Crippen molar-refractivity contribution in [1.29, 1.82) is 0 Å². The number of anilines is 1. The number of nitrogens with one attached hydrogen (secondary N) is 1. The number of rotatable bonds is 5. The highest BCUT2D eigenvalue weighted by Gasteiger charge is 2.04. The monoisotopic (exact) mass is 265 g/mol. The molecule has 0 bridgehead atoms. The number of halogens is 2. The molecule has 0 amide bonds. The highest BCUT2D eigenvalue weighted by Crippen LogP contribution is 2.21. The zero-order chi connectivity index (χ0) is 12.8. The summed E-state index contributed by atoms with van der Waals surface area (Å²) in [7, 11) is 0. The average Bonchev–Trinajstić information content (AvgIpc) is 2.40. The van der Waals surface area contributed by atoms with E-state index >= 15 is 0 Å². The van der Waals surface area contributed by atoms with Crippen molar-refractivity contribution in [2.24, 2.45) is 0 Å². The third-order valence-corrected chi connectivity index (χ3v) is 2.67. The normalized spacial score (nSPS) is 10.1. The molecule has 0 radical (unpaired) electrons. The lowest BCUT2D eigenvalue weighted by Crippen LogP contribution is -2.12. The molecule has 0 aliphatic rings. The molecule has 2 rings (SSSR count). The third kappa shape index (κ3) is 3.37. The summed E-state index contributed by atoms with van der Waals surface area (Å²) in [6.45, 7) is 0.960. The molecule has 0 unspecified atom stereocenters. The van der Waals surface area contributed by atoms with Crippen molar-refractivity contribution >= 4 is 17.3 Å². The van der Waals surface area contributed by atoms with E-state index in [0.29, 0.717) is 18.8 Å². The lowest BCUT2D eigenvalue weighted by Gasteiger charge is -2.09. The van der Waals surface area contributed by atoms with Gasteiger partial charge in [0.2, 0.25) is 0 Å². The molecule has 0 aliphatic carbocycles. The average molecular weight is 266 g/mol. The molecule has 2 aromatic rings. The summed E-state index contributed by atoms with van der Waals surface area (Å²) in [6.07, 6.45) is 0. The minimum atomic E-state index is -0.432. The van der Waals surface area contributed by atoms with E-state index in [1.54, 1.807) is 12.1 Å². The molecule has 0 spiro atoms. The Morgan fingerprint density at radius 3 is 2.61 bits per heavy atom. The smallest absolute Gasteiger partial charge is 0.164 e. The van der Waals surface area contributed by atoms with Gasteiger partial charge in [0.1, 0.15) is 12.4 Å². The zero-order valence-corrected chi connectivity index (χ0v) is 10.5. The summed E-state index contributed by atoms with van der Waals surface area (Å²) < 4.78 is 19.0. The summed E-state index contributed by atoms with van der Waals surface area (Å²) in [5.74, 6) is 0.366. The van der Waals surface area contributed by atoms with Crippen molar-refractivity contribution in [2.45, 2.75) is 0 Å². The summed E-state index contributed by atoms with van der Waals surface area (Å²) >= 11 is 5.68. The Hall–Kier alpha value is -1.74. The van der Waals surface area contributed by atoms with Crippen molar-refractivity contribution in [3.05, 3.63) is 59.4 Å². The largest absolute Gasteiger partial charge is 0.492 e. The molecular formula is C14H13ClFNO. The van der Waals surface area contributed by atoms with Gasteiger partial charge in [-0.3, -0.25) is 0 Å². The van der Waals surface area contributed by atoms with Gasteiger partial charge in [0, 0.05) is 6.54 Å². The first-order chi connectivity index (χ1) is 8.77. The number of hydrogen-bond acceptors (Lipinski definition) is 2. The maximum atomic E-state index is 13.5. The summed E-state index contributed by atoms with van der Waals surface area (Å²) in [5, 5.41) is 3.05. The molecule has 0 fully saturated rings. The van der Waals surface area contributed by atoms with Crippen LogP contribution in [0.1, 0.15) is 0 Å². The van der Waals surface area contributed by atoms with Crippen molar-refractivity contribution in [1.82, 2.24) is 0 Å². The van der Waals surface area contributed by atoms with Crippen LogP contribution in [0.2, 0.25) is 5.02 Å². The van der Waals surface area contributed by atoms with Gasteiger partial charge in [-0.25, -0.2) is 4.39 Å². The third-order valence-electron chi connectivity index (χ3n) is 2.38. The molecule has 0 saturated carbocycles. The van der Waals surface area contributed by atoms with Gasteiger partial charge in [0.25, 0.3) is 0 Å². The van der Waals surface area contributed by atoms with E-state index in [1.807, 2.05) is 30.3 Å². The molecule has 94 valence electrons. The van der Waals surface area contributed by atoms with Crippen LogP contribution in [0.4, 0.5) is 10.1 Å². The molecule has 0 saturated heterocycles. The van der Waals surface area contributed by atoms with Crippen LogP contribution < -0.4 is 10.1 Å². The summed E-state index contributed by atoms with van der Waals surface area (Å²) in [5.41, 5.74) is 0.388. The second-order valence-electron chi connectivity index (χ2n) is 3.69. The van der Waals surface area contributed by atoms with Crippen LogP contribution in [0, 0.1) is 5.82 Å². The molecule has 0 atom stereocenters. The molecule has 4 heteroatoms. The first-order valence-corrected chi connectivity index (χ1v) is 6.01. The van der Waals surface area contributed by atoms with E-state index in [1.165, 1.54) is 6.07 Å². The first-order valence-electron chi connectivity index (χ1n) is 5.63. The van der Waals surface area contributed by atoms with Crippen LogP contribution in [-0.4, -0.2) is 13.2 Å². The van der Waals surface area contributed by atoms with Gasteiger partial charge in [-0.15, -0.1) is 0 Å². The van der Waals surface area contributed by atoms with Gasteiger partial charge in [-0.2, -0.15) is 0 Å². The second-order valence-corrected chi connectivity index (χ2v) is 4.10. The Morgan fingerprint density at radius 2 is 1.83 bits per heavy atom. The van der Waals surface area contributed by atoms with Crippen LogP contribution in [0.3, 0.4) is 0 Å². The minimum Gasteiger partial charge on any atom is -0.492 e. The maximum absolute atomic E-state index is 13.5. The number of para-hydroxylation sites is 1. The van der Waals surface area contributed by atoms with E-state index in [0.717, 1.165) is 5.75 Å². The fraction of sp³-hybridized carbons (Fsp3) is 0.143. The van der Waals surface area contributed by atoms with E-state index in [-0.39, 0.29) is 5.02 Å². The number of benzene rings is 2. The molecule has 0 heterocycles. The predicted octanol–water partition coefficient (Wildman–Crippen LogP) is 3.97. The van der Waals surface area contributed by atoms with Crippen molar-refractivity contribution in [3.63, 3.8) is 0 Å². The van der Waals surface area contributed by atoms with E-state index in [9.17, 15) is 4.39 Å². The van der Waals surface area contributed by atoms with Crippen LogP contribution >= 0.6 is 11.6 Å². The van der Waals surface area contributed by atoms with Gasteiger partial charge in [-0.05, 0) is 24.3 Å². The highest BCUT2D eigenvalue weighted by atomic mass is 35.5. The Balaban J connectivity index is 1.81. The molecule has 1 N–H and O–H groups in total. The van der Waals surface area contributed by atoms with E-state index in [4.69, 9.17) is 16.3 Å². The first kappa shape index (κ1) is 12.7. The fourth-order valence-corrected chi connectivity index (χ4v) is 1.69. The van der Waals surface area contributed by atoms with E-state index < -0.39 is 5.82 Å². The standard InChI is InChI=1S/C14H13ClFNO/c15-12-7-4-8-13(14(12)16)17-9-10-18-11-5-2-1-3-6-11/h1-8,17H,9-10H2. The highest BCUT2D eigenvalue weighted by molar-refractivity contribution is 6.31. The van der Waals surface area contributed by atoms with Gasteiger partial charge in [-0.1, -0.05) is 35.9 Å². The predicted molar refractivity (Wildman–Crippen MR) is 71.8 cm³/mol. The van der Waals surface area contributed by atoms with Gasteiger partial charge in [0.05, 0.1) is 10.7 Å². The Bertz CT molecular complexity index is 504. The molecule has 18 heavy (non-hydrogen) atoms. The SMILES string of the molecule is Fc1c(Cl)cccc1NCCOc1ccccc1. The molecule has 0 aromatic heterocycles. The van der Waals surface area contributed by atoms with Crippen molar-refractivity contribution in [3.8, 4) is 5.75 Å². The molecule has 2 nitrogen and oxygen atoms in total. The minimum absolute atomic E-state index is 0.115. The van der Waals surface area contributed by atoms with Crippen LogP contribution in [0.25, 0.3) is 0 Å². The maximum Gasteiger partial charge on any atom is 0.164 e. The molecule has 0 aliphatic heterocycles. The quantitative estimate of drug-likeness (QED) is 0.826.